The summed E-state index contributed by atoms with van der Waals surface area (Å²) in [5.74, 6) is 0.469. The normalized spacial score (nSPS) is 10.0. The molecule has 0 atom stereocenters. The van der Waals surface area contributed by atoms with Gasteiger partial charge in [0.15, 0.2) is 0 Å². The molecular formula is C12H10INO2S. The fourth-order valence-corrected chi connectivity index (χ4v) is 2.67. The summed E-state index contributed by atoms with van der Waals surface area (Å²) in [6.45, 7) is 0. The molecule has 1 aromatic heterocycles. The van der Waals surface area contributed by atoms with Crippen LogP contribution in [-0.4, -0.2) is 13.0 Å². The molecule has 0 saturated heterocycles. The Labute approximate surface area is 117 Å². The highest BCUT2D eigenvalue weighted by atomic mass is 127. The zero-order chi connectivity index (χ0) is 12.3. The summed E-state index contributed by atoms with van der Waals surface area (Å²) in [4.78, 5) is 12.6. The number of amides is 1. The molecule has 0 unspecified atom stereocenters. The summed E-state index contributed by atoms with van der Waals surface area (Å²) in [5, 5.41) is 4.68. The van der Waals surface area contributed by atoms with Crippen LogP contribution in [0.5, 0.6) is 5.75 Å². The molecule has 0 saturated carbocycles. The van der Waals surface area contributed by atoms with Crippen LogP contribution in [0, 0.1) is 3.57 Å². The highest BCUT2D eigenvalue weighted by Crippen LogP contribution is 2.25. The van der Waals surface area contributed by atoms with Gasteiger partial charge in [-0.25, -0.2) is 0 Å². The molecule has 2 aromatic rings. The summed E-state index contributed by atoms with van der Waals surface area (Å²) in [5.41, 5.74) is 0.789. The van der Waals surface area contributed by atoms with E-state index < -0.39 is 0 Å². The largest absolute Gasteiger partial charge is 0.495 e. The van der Waals surface area contributed by atoms with Gasteiger partial charge in [0, 0.05) is 9.26 Å². The molecule has 1 aromatic carbocycles. The lowest BCUT2D eigenvalue weighted by Crippen LogP contribution is -2.11. The van der Waals surface area contributed by atoms with Gasteiger partial charge in [0.05, 0.1) is 7.11 Å². The number of methoxy groups -OCH3 is 1. The second-order valence-electron chi connectivity index (χ2n) is 3.28. The Balaban J connectivity index is 2.17. The van der Waals surface area contributed by atoms with Crippen molar-refractivity contribution in [3.63, 3.8) is 0 Å². The minimum absolute atomic E-state index is 0.140. The quantitative estimate of drug-likeness (QED) is 0.851. The molecule has 1 amide bonds. The summed E-state index contributed by atoms with van der Waals surface area (Å²) < 4.78 is 6.20. The number of carbonyl (C=O) groups excluding carboxylic acids is 1. The molecule has 0 bridgehead atoms. The number of hydrogen-bond donors (Lipinski definition) is 1. The van der Waals surface area contributed by atoms with Crippen molar-refractivity contribution >= 4 is 45.5 Å². The van der Waals surface area contributed by atoms with Crippen molar-refractivity contribution < 1.29 is 9.53 Å². The van der Waals surface area contributed by atoms with Crippen molar-refractivity contribution in [3.8, 4) is 5.75 Å². The number of halogens is 1. The van der Waals surface area contributed by atoms with Gasteiger partial charge in [-0.2, -0.15) is 0 Å². The van der Waals surface area contributed by atoms with Gasteiger partial charge in [-0.3, -0.25) is 4.79 Å². The van der Waals surface area contributed by atoms with Crippen LogP contribution in [0.25, 0.3) is 0 Å². The summed E-state index contributed by atoms with van der Waals surface area (Å²) in [6, 6.07) is 9.44. The zero-order valence-electron chi connectivity index (χ0n) is 9.07. The number of hydrogen-bond acceptors (Lipinski definition) is 3. The van der Waals surface area contributed by atoms with E-state index in [1.54, 1.807) is 13.2 Å². The molecule has 1 heterocycles. The average Bonchev–Trinajstić information content (AvgIpc) is 2.77. The van der Waals surface area contributed by atoms with Crippen molar-refractivity contribution in [2.45, 2.75) is 0 Å². The van der Waals surface area contributed by atoms with E-state index in [-0.39, 0.29) is 5.91 Å². The molecular weight excluding hydrogens is 349 g/mol. The van der Waals surface area contributed by atoms with Crippen molar-refractivity contribution in [2.75, 3.05) is 12.4 Å². The Hall–Kier alpha value is -1.08. The van der Waals surface area contributed by atoms with Gasteiger partial charge in [-0.15, -0.1) is 11.3 Å². The Bertz CT molecular complexity index is 539. The number of nitrogens with one attached hydrogen (secondary N) is 1. The minimum Gasteiger partial charge on any atom is -0.495 e. The molecule has 17 heavy (non-hydrogen) atoms. The monoisotopic (exact) mass is 359 g/mol. The first kappa shape index (κ1) is 12.4. The van der Waals surface area contributed by atoms with E-state index >= 15 is 0 Å². The molecule has 0 spiro atoms. The lowest BCUT2D eigenvalue weighted by Gasteiger charge is -2.05. The van der Waals surface area contributed by atoms with Gasteiger partial charge >= 0.3 is 0 Å². The van der Waals surface area contributed by atoms with Crippen LogP contribution in [0.15, 0.2) is 35.7 Å². The first-order valence-corrected chi connectivity index (χ1v) is 6.85. The van der Waals surface area contributed by atoms with Gasteiger partial charge in [-0.1, -0.05) is 6.07 Å². The summed E-state index contributed by atoms with van der Waals surface area (Å²) in [6.07, 6.45) is 0. The van der Waals surface area contributed by atoms with E-state index in [1.807, 2.05) is 29.6 Å². The van der Waals surface area contributed by atoms with Crippen molar-refractivity contribution in [1.82, 2.24) is 0 Å². The fraction of sp³-hybridized carbons (Fsp3) is 0.0833. The van der Waals surface area contributed by atoms with Gasteiger partial charge in [0.25, 0.3) is 5.91 Å². The topological polar surface area (TPSA) is 38.3 Å². The molecule has 5 heteroatoms. The average molecular weight is 359 g/mol. The Kier molecular flexibility index (Phi) is 4.01. The van der Waals surface area contributed by atoms with Gasteiger partial charge < -0.3 is 10.1 Å². The molecule has 0 radical (unpaired) electrons. The van der Waals surface area contributed by atoms with Crippen molar-refractivity contribution in [3.05, 3.63) is 44.2 Å². The van der Waals surface area contributed by atoms with Crippen molar-refractivity contribution in [1.29, 1.82) is 0 Å². The van der Waals surface area contributed by atoms with Crippen LogP contribution in [0.2, 0.25) is 0 Å². The molecule has 0 aliphatic carbocycles. The molecule has 0 aliphatic rings. The maximum absolute atomic E-state index is 12.0. The van der Waals surface area contributed by atoms with Crippen LogP contribution in [0.3, 0.4) is 0 Å². The number of benzene rings is 1. The van der Waals surface area contributed by atoms with Gasteiger partial charge in [0.2, 0.25) is 0 Å². The predicted molar refractivity (Wildman–Crippen MR) is 78.0 cm³/mol. The van der Waals surface area contributed by atoms with E-state index in [9.17, 15) is 4.79 Å². The summed E-state index contributed by atoms with van der Waals surface area (Å²) in [7, 11) is 1.56. The van der Waals surface area contributed by atoms with Crippen LogP contribution in [0.4, 0.5) is 5.69 Å². The maximum atomic E-state index is 12.0. The molecule has 0 aliphatic heterocycles. The zero-order valence-corrected chi connectivity index (χ0v) is 12.0. The Morgan fingerprint density at radius 1 is 1.41 bits per heavy atom. The Morgan fingerprint density at radius 3 is 2.94 bits per heavy atom. The fourth-order valence-electron chi connectivity index (χ4n) is 1.38. The standard InChI is InChI=1S/C12H10INO2S/c1-16-10-5-6-17-11(10)12(15)14-9-4-2-3-8(13)7-9/h2-7H,1H3,(H,14,15). The van der Waals surface area contributed by atoms with Crippen LogP contribution in [-0.2, 0) is 0 Å². The SMILES string of the molecule is COc1ccsc1C(=O)Nc1cccc(I)c1. The van der Waals surface area contributed by atoms with E-state index in [1.165, 1.54) is 11.3 Å². The predicted octanol–water partition coefficient (Wildman–Crippen LogP) is 3.61. The number of carbonyl (C=O) groups is 1. The number of ether oxygens (including phenoxy) is 1. The summed E-state index contributed by atoms with van der Waals surface area (Å²) >= 11 is 3.57. The van der Waals surface area contributed by atoms with E-state index in [0.29, 0.717) is 10.6 Å². The molecule has 1 N–H and O–H groups in total. The maximum Gasteiger partial charge on any atom is 0.269 e. The molecule has 3 nitrogen and oxygen atoms in total. The smallest absolute Gasteiger partial charge is 0.269 e. The molecule has 2 rings (SSSR count). The van der Waals surface area contributed by atoms with E-state index in [2.05, 4.69) is 27.9 Å². The first-order chi connectivity index (χ1) is 8.20. The second-order valence-corrected chi connectivity index (χ2v) is 5.44. The second kappa shape index (κ2) is 5.50. The van der Waals surface area contributed by atoms with Crippen LogP contribution < -0.4 is 10.1 Å². The van der Waals surface area contributed by atoms with Gasteiger partial charge in [0.1, 0.15) is 10.6 Å². The highest BCUT2D eigenvalue weighted by Gasteiger charge is 2.13. The molecule has 88 valence electrons. The first-order valence-electron chi connectivity index (χ1n) is 4.89. The third-order valence-corrected chi connectivity index (χ3v) is 3.70. The van der Waals surface area contributed by atoms with Crippen LogP contribution in [0.1, 0.15) is 9.67 Å². The van der Waals surface area contributed by atoms with Crippen LogP contribution >= 0.6 is 33.9 Å². The third kappa shape index (κ3) is 2.98. The van der Waals surface area contributed by atoms with E-state index in [4.69, 9.17) is 4.74 Å². The highest BCUT2D eigenvalue weighted by molar-refractivity contribution is 14.1. The number of rotatable bonds is 3. The lowest BCUT2D eigenvalue weighted by atomic mass is 10.3. The Morgan fingerprint density at radius 2 is 2.24 bits per heavy atom. The van der Waals surface area contributed by atoms with E-state index in [0.717, 1.165) is 9.26 Å². The number of anilines is 1. The lowest BCUT2D eigenvalue weighted by molar-refractivity contribution is 0.102. The molecule has 0 fully saturated rings. The van der Waals surface area contributed by atoms with Gasteiger partial charge in [-0.05, 0) is 52.2 Å². The number of thiophene rings is 1. The van der Waals surface area contributed by atoms with Crippen molar-refractivity contribution in [2.24, 2.45) is 0 Å². The minimum atomic E-state index is -0.140. The third-order valence-electron chi connectivity index (χ3n) is 2.14.